The number of benzene rings is 1. The second-order valence-electron chi connectivity index (χ2n) is 9.38. The average Bonchev–Trinajstić information content (AvgIpc) is 3.34. The molecule has 1 aliphatic carbocycles. The van der Waals surface area contributed by atoms with E-state index in [-0.39, 0.29) is 17.7 Å². The number of carbonyl (C=O) groups excluding carboxylic acids is 1. The molecule has 5 rings (SSSR count). The molecule has 6 nitrogen and oxygen atoms in total. The topological polar surface area (TPSA) is 67.4 Å². The summed E-state index contributed by atoms with van der Waals surface area (Å²) in [6, 6.07) is 9.12. The van der Waals surface area contributed by atoms with E-state index in [0.29, 0.717) is 24.0 Å². The fraction of sp³-hybridized carbons (Fsp3) is 0.429. The summed E-state index contributed by atoms with van der Waals surface area (Å²) in [5.74, 6) is 0.362. The number of H-pyrrole nitrogens is 1. The van der Waals surface area contributed by atoms with E-state index in [2.05, 4.69) is 27.0 Å². The van der Waals surface area contributed by atoms with Crippen LogP contribution >= 0.6 is 0 Å². The van der Waals surface area contributed by atoms with E-state index in [1.165, 1.54) is 17.7 Å². The molecule has 1 N–H and O–H groups in total. The first-order valence-corrected chi connectivity index (χ1v) is 12.5. The zero-order valence-corrected chi connectivity index (χ0v) is 20.4. The van der Waals surface area contributed by atoms with Crippen LogP contribution in [0, 0.1) is 11.7 Å². The highest BCUT2D eigenvalue weighted by Crippen LogP contribution is 2.37. The number of rotatable bonds is 6. The van der Waals surface area contributed by atoms with Gasteiger partial charge in [-0.1, -0.05) is 6.08 Å². The Kier molecular flexibility index (Phi) is 6.86. The summed E-state index contributed by atoms with van der Waals surface area (Å²) in [6.45, 7) is 4.22. The molecule has 2 aliphatic rings. The van der Waals surface area contributed by atoms with Crippen LogP contribution < -0.4 is 4.74 Å². The van der Waals surface area contributed by atoms with Gasteiger partial charge in [0.05, 0.1) is 19.6 Å². The molecule has 1 aliphatic heterocycles. The predicted molar refractivity (Wildman–Crippen MR) is 135 cm³/mol. The van der Waals surface area contributed by atoms with Crippen LogP contribution in [0.15, 0.2) is 42.6 Å². The molecule has 3 heterocycles. The summed E-state index contributed by atoms with van der Waals surface area (Å²) in [6.07, 6.45) is 8.90. The fourth-order valence-electron chi connectivity index (χ4n) is 5.52. The van der Waals surface area contributed by atoms with Crippen LogP contribution in [0.5, 0.6) is 5.75 Å². The first-order valence-electron chi connectivity index (χ1n) is 12.5. The number of aromatic amines is 1. The maximum Gasteiger partial charge on any atom is 0.308 e. The standard InChI is InChI=1S/C28H32FN3O3/c1-3-35-28(33)19-4-7-21(8-5-19)32-14-11-18(12-15-32)25-17-24-22(10-13-30-27(24)31-25)23-16-20(29)6-9-26(23)34-2/h6,9-11,13,16-17,19,21H,3-5,7-8,12,14-15H2,1-2H3,(H,30,31)/t19-,21+. The monoisotopic (exact) mass is 477 g/mol. The van der Waals surface area contributed by atoms with Gasteiger partial charge in [0.15, 0.2) is 0 Å². The molecule has 1 fully saturated rings. The number of ether oxygens (including phenoxy) is 2. The van der Waals surface area contributed by atoms with Gasteiger partial charge in [0, 0.05) is 42.0 Å². The molecule has 0 atom stereocenters. The maximum atomic E-state index is 14.0. The lowest BCUT2D eigenvalue weighted by atomic mass is 9.84. The van der Waals surface area contributed by atoms with Crippen molar-refractivity contribution in [1.82, 2.24) is 14.9 Å². The lowest BCUT2D eigenvalue weighted by molar-refractivity contribution is -0.149. The number of hydrogen-bond acceptors (Lipinski definition) is 5. The van der Waals surface area contributed by atoms with Crippen molar-refractivity contribution < 1.29 is 18.7 Å². The van der Waals surface area contributed by atoms with Crippen LogP contribution in [0.2, 0.25) is 0 Å². The van der Waals surface area contributed by atoms with Gasteiger partial charge in [0.2, 0.25) is 0 Å². The first kappa shape index (κ1) is 23.5. The van der Waals surface area contributed by atoms with Crippen LogP contribution in [0.25, 0.3) is 27.7 Å². The number of fused-ring (bicyclic) bond motifs is 1. The van der Waals surface area contributed by atoms with Gasteiger partial charge in [-0.15, -0.1) is 0 Å². The van der Waals surface area contributed by atoms with Gasteiger partial charge in [-0.05, 0) is 80.5 Å². The second-order valence-corrected chi connectivity index (χ2v) is 9.38. The minimum Gasteiger partial charge on any atom is -0.496 e. The van der Waals surface area contributed by atoms with Gasteiger partial charge in [-0.2, -0.15) is 0 Å². The van der Waals surface area contributed by atoms with Crippen LogP contribution in [0.1, 0.15) is 44.7 Å². The second kappa shape index (κ2) is 10.2. The quantitative estimate of drug-likeness (QED) is 0.469. The SMILES string of the molecule is CCOC(=O)[C@H]1CC[C@@H](N2CC=C(c3cc4c(-c5cc(F)ccc5OC)ccnc4[nH]3)CC2)CC1. The third kappa shape index (κ3) is 4.82. The number of nitrogens with zero attached hydrogens (tertiary/aromatic N) is 2. The van der Waals surface area contributed by atoms with E-state index in [1.807, 2.05) is 13.0 Å². The van der Waals surface area contributed by atoms with E-state index >= 15 is 0 Å². The molecule has 1 aromatic carbocycles. The predicted octanol–water partition coefficient (Wildman–Crippen LogP) is 5.59. The number of halogens is 1. The van der Waals surface area contributed by atoms with Crippen molar-refractivity contribution in [2.45, 2.75) is 45.1 Å². The molecule has 2 aromatic heterocycles. The van der Waals surface area contributed by atoms with Crippen molar-refractivity contribution in [2.75, 3.05) is 26.8 Å². The maximum absolute atomic E-state index is 14.0. The number of aromatic nitrogens is 2. The van der Waals surface area contributed by atoms with Crippen molar-refractivity contribution in [3.63, 3.8) is 0 Å². The Balaban J connectivity index is 1.31. The molecule has 184 valence electrons. The largest absolute Gasteiger partial charge is 0.496 e. The summed E-state index contributed by atoms with van der Waals surface area (Å²) in [5.41, 5.74) is 4.72. The van der Waals surface area contributed by atoms with Gasteiger partial charge in [0.1, 0.15) is 17.2 Å². The van der Waals surface area contributed by atoms with E-state index in [4.69, 9.17) is 9.47 Å². The molecule has 7 heteroatoms. The van der Waals surface area contributed by atoms with E-state index < -0.39 is 0 Å². The van der Waals surface area contributed by atoms with E-state index in [1.54, 1.807) is 19.4 Å². The molecule has 0 bridgehead atoms. The van der Waals surface area contributed by atoms with E-state index in [0.717, 1.165) is 67.5 Å². The zero-order valence-electron chi connectivity index (χ0n) is 20.4. The van der Waals surface area contributed by atoms with Crippen molar-refractivity contribution >= 4 is 22.6 Å². The molecule has 0 amide bonds. The third-order valence-electron chi connectivity index (χ3n) is 7.40. The molecule has 0 spiro atoms. The lowest BCUT2D eigenvalue weighted by Crippen LogP contribution is -2.41. The number of carbonyl (C=O) groups is 1. The molecule has 3 aromatic rings. The normalized spacial score (nSPS) is 21.1. The molecular formula is C28H32FN3O3. The Morgan fingerprint density at radius 1 is 1.17 bits per heavy atom. The fourth-order valence-corrected chi connectivity index (χ4v) is 5.52. The molecule has 0 radical (unpaired) electrons. The molecular weight excluding hydrogens is 445 g/mol. The third-order valence-corrected chi connectivity index (χ3v) is 7.40. The number of pyridine rings is 1. The van der Waals surface area contributed by atoms with Crippen LogP contribution in [0.4, 0.5) is 4.39 Å². The minimum absolute atomic E-state index is 0.0329. The van der Waals surface area contributed by atoms with Crippen LogP contribution in [-0.2, 0) is 9.53 Å². The Bertz CT molecular complexity index is 1240. The molecule has 0 unspecified atom stereocenters. The van der Waals surface area contributed by atoms with Gasteiger partial charge < -0.3 is 14.5 Å². The molecule has 0 saturated heterocycles. The number of esters is 1. The highest BCUT2D eigenvalue weighted by atomic mass is 19.1. The van der Waals surface area contributed by atoms with Crippen molar-refractivity contribution in [3.8, 4) is 16.9 Å². The zero-order chi connectivity index (χ0) is 24.4. The molecule has 1 saturated carbocycles. The van der Waals surface area contributed by atoms with Gasteiger partial charge in [0.25, 0.3) is 0 Å². The summed E-state index contributed by atoms with van der Waals surface area (Å²) in [5, 5.41) is 0.951. The van der Waals surface area contributed by atoms with E-state index in [9.17, 15) is 9.18 Å². The Labute approximate surface area is 205 Å². The highest BCUT2D eigenvalue weighted by Gasteiger charge is 2.31. The highest BCUT2D eigenvalue weighted by molar-refractivity contribution is 5.96. The Morgan fingerprint density at radius 2 is 2.00 bits per heavy atom. The van der Waals surface area contributed by atoms with Crippen molar-refractivity contribution in [2.24, 2.45) is 5.92 Å². The van der Waals surface area contributed by atoms with Gasteiger partial charge in [-0.3, -0.25) is 9.69 Å². The Morgan fingerprint density at radius 3 is 2.71 bits per heavy atom. The number of hydrogen-bond donors (Lipinski definition) is 1. The number of nitrogens with one attached hydrogen (secondary N) is 1. The van der Waals surface area contributed by atoms with Crippen molar-refractivity contribution in [1.29, 1.82) is 0 Å². The molecule has 35 heavy (non-hydrogen) atoms. The summed E-state index contributed by atoms with van der Waals surface area (Å²) < 4.78 is 24.7. The lowest BCUT2D eigenvalue weighted by Gasteiger charge is -2.37. The Hall–Kier alpha value is -3.19. The summed E-state index contributed by atoms with van der Waals surface area (Å²) in [4.78, 5) is 22.6. The summed E-state index contributed by atoms with van der Waals surface area (Å²) >= 11 is 0. The van der Waals surface area contributed by atoms with Gasteiger partial charge >= 0.3 is 5.97 Å². The van der Waals surface area contributed by atoms with Gasteiger partial charge in [-0.25, -0.2) is 9.37 Å². The average molecular weight is 478 g/mol. The number of methoxy groups -OCH3 is 1. The van der Waals surface area contributed by atoms with Crippen LogP contribution in [-0.4, -0.2) is 53.7 Å². The minimum atomic E-state index is -0.298. The van der Waals surface area contributed by atoms with Crippen molar-refractivity contribution in [3.05, 3.63) is 54.1 Å². The first-order chi connectivity index (χ1) is 17.1. The van der Waals surface area contributed by atoms with Crippen LogP contribution in [0.3, 0.4) is 0 Å². The smallest absolute Gasteiger partial charge is 0.308 e. The summed E-state index contributed by atoms with van der Waals surface area (Å²) in [7, 11) is 1.60.